The molecule has 0 N–H and O–H groups in total. The first-order valence-electron chi connectivity index (χ1n) is 5.05. The van der Waals surface area contributed by atoms with E-state index in [9.17, 15) is 4.79 Å². The van der Waals surface area contributed by atoms with Crippen LogP contribution in [0.4, 0.5) is 0 Å². The van der Waals surface area contributed by atoms with Gasteiger partial charge in [-0.15, -0.1) is 9.24 Å². The minimum atomic E-state index is -0.351. The highest BCUT2D eigenvalue weighted by Gasteiger charge is 2.34. The van der Waals surface area contributed by atoms with Gasteiger partial charge in [-0.2, -0.15) is 0 Å². The maximum Gasteiger partial charge on any atom is 0.232 e. The summed E-state index contributed by atoms with van der Waals surface area (Å²) in [5.41, 5.74) is 0. The molecule has 1 heterocycles. The number of hydrogen-bond donors (Lipinski definition) is 0. The van der Waals surface area contributed by atoms with Gasteiger partial charge in [0.15, 0.2) is 0 Å². The normalized spacial score (nSPS) is 22.9. The van der Waals surface area contributed by atoms with Crippen LogP contribution in [0.3, 0.4) is 0 Å². The number of ether oxygens (including phenoxy) is 1. The summed E-state index contributed by atoms with van der Waals surface area (Å²) in [6, 6.07) is 0.285. The summed E-state index contributed by atoms with van der Waals surface area (Å²) in [5, 5.41) is -0.351. The van der Waals surface area contributed by atoms with Crippen molar-refractivity contribution in [2.45, 2.75) is 37.9 Å². The molecule has 4 heteroatoms. The second-order valence-electron chi connectivity index (χ2n) is 4.47. The minimum absolute atomic E-state index is 0.210. The smallest absolute Gasteiger partial charge is 0.232 e. The fourth-order valence-corrected chi connectivity index (χ4v) is 2.00. The Balaban J connectivity index is 2.62. The van der Waals surface area contributed by atoms with Crippen LogP contribution >= 0.6 is 9.24 Å². The van der Waals surface area contributed by atoms with Gasteiger partial charge in [0, 0.05) is 13.7 Å². The van der Waals surface area contributed by atoms with Crippen molar-refractivity contribution in [3.63, 3.8) is 0 Å². The Morgan fingerprint density at radius 3 is 2.79 bits per heavy atom. The SMILES string of the molecule is COCC1CCCN1C(=O)C(C)(C)P. The summed E-state index contributed by atoms with van der Waals surface area (Å²) in [4.78, 5) is 14.0. The number of likely N-dealkylation sites (tertiary alicyclic amines) is 1. The summed E-state index contributed by atoms with van der Waals surface area (Å²) in [6.45, 7) is 5.40. The molecule has 82 valence electrons. The lowest BCUT2D eigenvalue weighted by Gasteiger charge is -2.30. The summed E-state index contributed by atoms with van der Waals surface area (Å²) < 4.78 is 5.12. The van der Waals surface area contributed by atoms with E-state index < -0.39 is 0 Å². The Hall–Kier alpha value is -0.140. The molecule has 2 unspecified atom stereocenters. The van der Waals surface area contributed by atoms with Crippen molar-refractivity contribution in [2.75, 3.05) is 20.3 Å². The minimum Gasteiger partial charge on any atom is -0.383 e. The topological polar surface area (TPSA) is 29.5 Å². The molecule has 0 aromatic carbocycles. The number of rotatable bonds is 3. The van der Waals surface area contributed by atoms with Crippen molar-refractivity contribution >= 4 is 15.1 Å². The molecule has 0 spiro atoms. The number of nitrogens with zero attached hydrogens (tertiary/aromatic N) is 1. The van der Waals surface area contributed by atoms with E-state index in [4.69, 9.17) is 4.74 Å². The van der Waals surface area contributed by atoms with Gasteiger partial charge in [0.1, 0.15) is 0 Å². The van der Waals surface area contributed by atoms with Gasteiger partial charge in [0.25, 0.3) is 0 Å². The van der Waals surface area contributed by atoms with Gasteiger partial charge < -0.3 is 9.64 Å². The Kier molecular flexibility index (Phi) is 3.91. The fraction of sp³-hybridized carbons (Fsp3) is 0.900. The summed E-state index contributed by atoms with van der Waals surface area (Å²) in [6.07, 6.45) is 2.17. The zero-order valence-corrected chi connectivity index (χ0v) is 10.4. The van der Waals surface area contributed by atoms with Crippen LogP contribution in [0.15, 0.2) is 0 Å². The molecule has 3 nitrogen and oxygen atoms in total. The van der Waals surface area contributed by atoms with E-state index in [0.29, 0.717) is 6.61 Å². The molecule has 0 bridgehead atoms. The predicted octanol–water partition coefficient (Wildman–Crippen LogP) is 1.28. The lowest BCUT2D eigenvalue weighted by Crippen LogP contribution is -2.45. The van der Waals surface area contributed by atoms with Crippen LogP contribution in [0, 0.1) is 0 Å². The molecule has 1 saturated heterocycles. The van der Waals surface area contributed by atoms with Crippen molar-refractivity contribution in [3.8, 4) is 0 Å². The van der Waals surface area contributed by atoms with Crippen molar-refractivity contribution in [3.05, 3.63) is 0 Å². The van der Waals surface area contributed by atoms with Gasteiger partial charge in [-0.1, -0.05) is 0 Å². The molecule has 0 aromatic rings. The quantitative estimate of drug-likeness (QED) is 0.666. The van der Waals surface area contributed by atoms with E-state index >= 15 is 0 Å². The van der Waals surface area contributed by atoms with E-state index in [1.54, 1.807) is 7.11 Å². The zero-order valence-electron chi connectivity index (χ0n) is 9.25. The summed E-state index contributed by atoms with van der Waals surface area (Å²) in [7, 11) is 4.29. The Morgan fingerprint density at radius 1 is 1.64 bits per heavy atom. The lowest BCUT2D eigenvalue weighted by molar-refractivity contribution is -0.134. The van der Waals surface area contributed by atoms with Crippen LogP contribution in [0.25, 0.3) is 0 Å². The maximum absolute atomic E-state index is 12.0. The maximum atomic E-state index is 12.0. The van der Waals surface area contributed by atoms with Crippen molar-refractivity contribution in [1.29, 1.82) is 0 Å². The largest absolute Gasteiger partial charge is 0.383 e. The molecule has 1 fully saturated rings. The second kappa shape index (κ2) is 4.59. The monoisotopic (exact) mass is 217 g/mol. The summed E-state index contributed by atoms with van der Waals surface area (Å²) >= 11 is 0. The van der Waals surface area contributed by atoms with Crippen LogP contribution in [-0.2, 0) is 9.53 Å². The molecule has 1 aliphatic rings. The molecule has 0 radical (unpaired) electrons. The van der Waals surface area contributed by atoms with E-state index in [-0.39, 0.29) is 17.1 Å². The number of carbonyl (C=O) groups is 1. The van der Waals surface area contributed by atoms with Crippen LogP contribution in [0.2, 0.25) is 0 Å². The van der Waals surface area contributed by atoms with Crippen molar-refractivity contribution in [2.24, 2.45) is 0 Å². The molecule has 14 heavy (non-hydrogen) atoms. The molecule has 0 aliphatic carbocycles. The summed E-state index contributed by atoms with van der Waals surface area (Å²) in [5.74, 6) is 0.210. The molecule has 1 amide bonds. The highest BCUT2D eigenvalue weighted by molar-refractivity contribution is 7.20. The van der Waals surface area contributed by atoms with E-state index in [1.165, 1.54) is 0 Å². The van der Waals surface area contributed by atoms with Crippen LogP contribution in [0.5, 0.6) is 0 Å². The Labute approximate surface area is 88.4 Å². The Bertz CT molecular complexity index is 213. The molecule has 2 atom stereocenters. The van der Waals surface area contributed by atoms with Gasteiger partial charge in [-0.25, -0.2) is 0 Å². The lowest BCUT2D eigenvalue weighted by atomic mass is 10.1. The third-order valence-corrected chi connectivity index (χ3v) is 2.80. The first-order valence-corrected chi connectivity index (χ1v) is 5.63. The number of hydrogen-bond acceptors (Lipinski definition) is 2. The molecular formula is C10H20NO2P. The van der Waals surface area contributed by atoms with Crippen LogP contribution in [-0.4, -0.2) is 42.3 Å². The number of methoxy groups -OCH3 is 1. The number of amides is 1. The van der Waals surface area contributed by atoms with Gasteiger partial charge >= 0.3 is 0 Å². The fourth-order valence-electron chi connectivity index (χ4n) is 1.84. The third-order valence-electron chi connectivity index (χ3n) is 2.55. The highest BCUT2D eigenvalue weighted by atomic mass is 31.0. The van der Waals surface area contributed by atoms with E-state index in [0.717, 1.165) is 19.4 Å². The van der Waals surface area contributed by atoms with Crippen molar-refractivity contribution < 1.29 is 9.53 Å². The Morgan fingerprint density at radius 2 is 2.29 bits per heavy atom. The standard InChI is InChI=1S/C10H20NO2P/c1-10(2,14)9(12)11-6-4-5-8(11)7-13-3/h8H,4-7,14H2,1-3H3. The van der Waals surface area contributed by atoms with Gasteiger partial charge in [0.05, 0.1) is 17.8 Å². The molecule has 1 rings (SSSR count). The molecular weight excluding hydrogens is 197 g/mol. The van der Waals surface area contributed by atoms with Crippen molar-refractivity contribution in [1.82, 2.24) is 4.90 Å². The average molecular weight is 217 g/mol. The van der Waals surface area contributed by atoms with Gasteiger partial charge in [-0.3, -0.25) is 4.79 Å². The first-order chi connectivity index (χ1) is 6.46. The molecule has 0 aromatic heterocycles. The zero-order chi connectivity index (χ0) is 10.8. The molecule has 0 saturated carbocycles. The second-order valence-corrected chi connectivity index (χ2v) is 5.92. The van der Waals surface area contributed by atoms with Gasteiger partial charge in [-0.05, 0) is 26.7 Å². The van der Waals surface area contributed by atoms with Gasteiger partial charge in [0.2, 0.25) is 5.91 Å². The van der Waals surface area contributed by atoms with E-state index in [2.05, 4.69) is 9.24 Å². The van der Waals surface area contributed by atoms with Crippen LogP contribution in [0.1, 0.15) is 26.7 Å². The number of carbonyl (C=O) groups excluding carboxylic acids is 1. The third kappa shape index (κ3) is 2.68. The van der Waals surface area contributed by atoms with E-state index in [1.807, 2.05) is 18.7 Å². The molecule has 1 aliphatic heterocycles. The highest BCUT2D eigenvalue weighted by Crippen LogP contribution is 2.26. The van der Waals surface area contributed by atoms with Crippen LogP contribution < -0.4 is 0 Å². The predicted molar refractivity (Wildman–Crippen MR) is 60.4 cm³/mol. The average Bonchev–Trinajstić information content (AvgIpc) is 2.50. The first kappa shape index (κ1) is 11.9.